The molecule has 0 aliphatic carbocycles. The normalized spacial score (nSPS) is 11.0. The zero-order valence-corrected chi connectivity index (χ0v) is 13.6. The van der Waals surface area contributed by atoms with Crippen LogP contribution in [0.5, 0.6) is 5.88 Å². The molecule has 0 radical (unpaired) electrons. The van der Waals surface area contributed by atoms with E-state index in [0.717, 1.165) is 12.8 Å². The van der Waals surface area contributed by atoms with Crippen LogP contribution in [0, 0.1) is 0 Å². The molecule has 0 atom stereocenters. The molecule has 0 saturated heterocycles. The molecule has 0 spiro atoms. The predicted octanol–water partition coefficient (Wildman–Crippen LogP) is 3.17. The summed E-state index contributed by atoms with van der Waals surface area (Å²) in [5.41, 5.74) is 1.49. The minimum absolute atomic E-state index is 0.128. The lowest BCUT2D eigenvalue weighted by Crippen LogP contribution is -2.14. The first kappa shape index (κ1) is 15.9. The Labute approximate surface area is 139 Å². The van der Waals surface area contributed by atoms with Crippen LogP contribution in [0.1, 0.15) is 37.2 Å². The highest BCUT2D eigenvalue weighted by atomic mass is 16.5. The summed E-state index contributed by atoms with van der Waals surface area (Å²) in [6.45, 7) is 4.14. The number of rotatable bonds is 6. The van der Waals surface area contributed by atoms with Crippen molar-refractivity contribution in [2.75, 3.05) is 5.32 Å². The number of amides is 1. The van der Waals surface area contributed by atoms with Gasteiger partial charge in [-0.3, -0.25) is 14.9 Å². The molecule has 0 aliphatic heterocycles. The lowest BCUT2D eigenvalue weighted by Gasteiger charge is -2.14. The summed E-state index contributed by atoms with van der Waals surface area (Å²) in [7, 11) is 0. The van der Waals surface area contributed by atoms with Crippen molar-refractivity contribution in [1.82, 2.24) is 20.2 Å². The van der Waals surface area contributed by atoms with Gasteiger partial charge in [-0.25, -0.2) is 0 Å². The molecular weight excluding hydrogens is 306 g/mol. The first-order chi connectivity index (χ1) is 11.7. The van der Waals surface area contributed by atoms with E-state index in [2.05, 4.69) is 39.3 Å². The number of fused-ring (bicyclic) bond motifs is 1. The Bertz CT molecular complexity index is 827. The van der Waals surface area contributed by atoms with Gasteiger partial charge in [-0.2, -0.15) is 10.1 Å². The van der Waals surface area contributed by atoms with Gasteiger partial charge >= 0.3 is 0 Å². The van der Waals surface area contributed by atoms with E-state index in [1.807, 2.05) is 0 Å². The Morgan fingerprint density at radius 2 is 1.96 bits per heavy atom. The Hall–Kier alpha value is -2.96. The number of anilines is 1. The lowest BCUT2D eigenvalue weighted by atomic mass is 10.2. The molecule has 7 nitrogen and oxygen atoms in total. The third kappa shape index (κ3) is 3.34. The molecule has 3 aromatic heterocycles. The number of carbonyl (C=O) groups excluding carboxylic acids is 1. The second-order valence-corrected chi connectivity index (χ2v) is 5.37. The number of nitrogens with zero attached hydrogens (tertiary/aromatic N) is 3. The Morgan fingerprint density at radius 3 is 2.67 bits per heavy atom. The van der Waals surface area contributed by atoms with E-state index in [1.165, 1.54) is 0 Å². The molecule has 24 heavy (non-hydrogen) atoms. The zero-order chi connectivity index (χ0) is 16.9. The molecule has 3 aromatic rings. The second-order valence-electron chi connectivity index (χ2n) is 5.37. The SMILES string of the molecule is CCC(CC)Oc1ccc2c(C(=O)Nc3ccncc3)[nH]nc2n1. The lowest BCUT2D eigenvalue weighted by molar-refractivity contribution is 0.102. The number of aromatic nitrogens is 4. The molecule has 3 rings (SSSR count). The molecule has 1 amide bonds. The average molecular weight is 325 g/mol. The van der Waals surface area contributed by atoms with Gasteiger partial charge in [-0.05, 0) is 31.0 Å². The van der Waals surface area contributed by atoms with Crippen LogP contribution in [0.4, 0.5) is 5.69 Å². The van der Waals surface area contributed by atoms with Crippen LogP contribution in [0.2, 0.25) is 0 Å². The van der Waals surface area contributed by atoms with Gasteiger partial charge in [0.25, 0.3) is 5.91 Å². The highest BCUT2D eigenvalue weighted by Crippen LogP contribution is 2.20. The molecule has 0 aromatic carbocycles. The van der Waals surface area contributed by atoms with Crippen LogP contribution in [0.25, 0.3) is 11.0 Å². The summed E-state index contributed by atoms with van der Waals surface area (Å²) in [4.78, 5) is 20.7. The van der Waals surface area contributed by atoms with E-state index in [0.29, 0.717) is 28.3 Å². The summed E-state index contributed by atoms with van der Waals surface area (Å²) >= 11 is 0. The topological polar surface area (TPSA) is 92.8 Å². The zero-order valence-electron chi connectivity index (χ0n) is 13.6. The molecule has 0 saturated carbocycles. The van der Waals surface area contributed by atoms with Crippen LogP contribution in [0.15, 0.2) is 36.7 Å². The van der Waals surface area contributed by atoms with Gasteiger partial charge in [0.05, 0.1) is 11.5 Å². The van der Waals surface area contributed by atoms with Gasteiger partial charge in [-0.15, -0.1) is 0 Å². The maximum atomic E-state index is 12.4. The van der Waals surface area contributed by atoms with Crippen molar-refractivity contribution in [2.45, 2.75) is 32.8 Å². The number of pyridine rings is 2. The summed E-state index contributed by atoms with van der Waals surface area (Å²) in [5, 5.41) is 10.3. The molecule has 124 valence electrons. The smallest absolute Gasteiger partial charge is 0.274 e. The molecule has 0 fully saturated rings. The highest BCUT2D eigenvalue weighted by Gasteiger charge is 2.16. The van der Waals surface area contributed by atoms with Crippen molar-refractivity contribution in [1.29, 1.82) is 0 Å². The molecule has 3 heterocycles. The van der Waals surface area contributed by atoms with Crippen LogP contribution < -0.4 is 10.1 Å². The standard InChI is InChI=1S/C17H19N5O2/c1-3-12(4-2)24-14-6-5-13-15(21-22-16(13)20-14)17(23)19-11-7-9-18-10-8-11/h5-10,12H,3-4H2,1-2H3,(H,18,19,23)(H,20,21,22). The Morgan fingerprint density at radius 1 is 1.21 bits per heavy atom. The molecule has 2 N–H and O–H groups in total. The summed E-state index contributed by atoms with van der Waals surface area (Å²) < 4.78 is 5.81. The van der Waals surface area contributed by atoms with Crippen molar-refractivity contribution >= 4 is 22.6 Å². The van der Waals surface area contributed by atoms with Gasteiger partial charge in [0, 0.05) is 24.1 Å². The van der Waals surface area contributed by atoms with Crippen molar-refractivity contribution in [3.8, 4) is 5.88 Å². The van der Waals surface area contributed by atoms with E-state index in [1.54, 1.807) is 36.7 Å². The number of nitrogens with one attached hydrogen (secondary N) is 2. The van der Waals surface area contributed by atoms with Crippen molar-refractivity contribution in [2.24, 2.45) is 0 Å². The molecule has 7 heteroatoms. The predicted molar refractivity (Wildman–Crippen MR) is 91.1 cm³/mol. The van der Waals surface area contributed by atoms with E-state index < -0.39 is 0 Å². The molecule has 0 aliphatic rings. The minimum Gasteiger partial charge on any atom is -0.474 e. The number of hydrogen-bond acceptors (Lipinski definition) is 5. The third-order valence-electron chi connectivity index (χ3n) is 3.76. The van der Waals surface area contributed by atoms with Crippen molar-refractivity contribution in [3.63, 3.8) is 0 Å². The fourth-order valence-corrected chi connectivity index (χ4v) is 2.37. The van der Waals surface area contributed by atoms with Gasteiger partial charge < -0.3 is 10.1 Å². The number of hydrogen-bond donors (Lipinski definition) is 2. The summed E-state index contributed by atoms with van der Waals surface area (Å²) in [6, 6.07) is 7.00. The van der Waals surface area contributed by atoms with Gasteiger partial charge in [-0.1, -0.05) is 13.8 Å². The Kier molecular flexibility index (Phi) is 4.69. The first-order valence-corrected chi connectivity index (χ1v) is 7.94. The molecule has 0 bridgehead atoms. The number of H-pyrrole nitrogens is 1. The quantitative estimate of drug-likeness (QED) is 0.726. The van der Waals surface area contributed by atoms with Gasteiger partial charge in [0.2, 0.25) is 5.88 Å². The fourth-order valence-electron chi connectivity index (χ4n) is 2.37. The van der Waals surface area contributed by atoms with E-state index in [9.17, 15) is 4.79 Å². The van der Waals surface area contributed by atoms with Gasteiger partial charge in [0.1, 0.15) is 5.69 Å². The number of carbonyl (C=O) groups is 1. The molecule has 0 unspecified atom stereocenters. The number of ether oxygens (including phenoxy) is 1. The first-order valence-electron chi connectivity index (χ1n) is 7.94. The fraction of sp³-hybridized carbons (Fsp3) is 0.294. The van der Waals surface area contributed by atoms with Crippen LogP contribution in [-0.4, -0.2) is 32.2 Å². The van der Waals surface area contributed by atoms with Crippen LogP contribution >= 0.6 is 0 Å². The van der Waals surface area contributed by atoms with E-state index in [-0.39, 0.29) is 12.0 Å². The maximum Gasteiger partial charge on any atom is 0.274 e. The van der Waals surface area contributed by atoms with Crippen LogP contribution in [0.3, 0.4) is 0 Å². The van der Waals surface area contributed by atoms with Gasteiger partial charge in [0.15, 0.2) is 5.65 Å². The minimum atomic E-state index is -0.279. The van der Waals surface area contributed by atoms with Crippen molar-refractivity contribution < 1.29 is 9.53 Å². The second kappa shape index (κ2) is 7.08. The molecular formula is C17H19N5O2. The number of aromatic amines is 1. The maximum absolute atomic E-state index is 12.4. The van der Waals surface area contributed by atoms with Crippen molar-refractivity contribution in [3.05, 3.63) is 42.4 Å². The summed E-state index contributed by atoms with van der Waals surface area (Å²) in [5.74, 6) is 0.239. The van der Waals surface area contributed by atoms with E-state index >= 15 is 0 Å². The largest absolute Gasteiger partial charge is 0.474 e. The monoisotopic (exact) mass is 325 g/mol. The average Bonchev–Trinajstić information content (AvgIpc) is 3.03. The van der Waals surface area contributed by atoms with E-state index in [4.69, 9.17) is 4.74 Å². The highest BCUT2D eigenvalue weighted by molar-refractivity contribution is 6.10. The van der Waals surface area contributed by atoms with Crippen LogP contribution in [-0.2, 0) is 0 Å². The summed E-state index contributed by atoms with van der Waals surface area (Å²) in [6.07, 6.45) is 5.18. The Balaban J connectivity index is 1.81. The third-order valence-corrected chi connectivity index (χ3v) is 3.76.